The van der Waals surface area contributed by atoms with Crippen molar-refractivity contribution < 1.29 is 23.9 Å². The molecule has 2 aromatic heterocycles. The maximum absolute atomic E-state index is 13.1. The molecule has 1 saturated carbocycles. The Bertz CT molecular complexity index is 1610. The number of pyridine rings is 1. The average molecular weight is 598 g/mol. The lowest BCUT2D eigenvalue weighted by atomic mass is 9.77. The molecule has 0 radical (unpaired) electrons. The molecule has 12 nitrogen and oxygen atoms in total. The highest BCUT2D eigenvalue weighted by atomic mass is 16.5. The predicted molar refractivity (Wildman–Crippen MR) is 161 cm³/mol. The lowest BCUT2D eigenvalue weighted by molar-refractivity contribution is -0.136. The molecule has 7 rings (SSSR count). The van der Waals surface area contributed by atoms with Crippen LogP contribution in [0.4, 0.5) is 11.5 Å². The first-order valence-corrected chi connectivity index (χ1v) is 15.4. The van der Waals surface area contributed by atoms with Crippen molar-refractivity contribution in [1.29, 1.82) is 0 Å². The minimum absolute atomic E-state index is 0.100. The first-order valence-electron chi connectivity index (χ1n) is 15.4. The van der Waals surface area contributed by atoms with Crippen molar-refractivity contribution >= 4 is 35.1 Å². The molecule has 1 atom stereocenters. The maximum Gasteiger partial charge on any atom is 0.262 e. The molecular formula is C32H35N7O5. The molecule has 0 spiro atoms. The second-order valence-corrected chi connectivity index (χ2v) is 12.0. The lowest BCUT2D eigenvalue weighted by Gasteiger charge is -2.35. The molecule has 2 saturated heterocycles. The lowest BCUT2D eigenvalue weighted by Crippen LogP contribution is -2.54. The molecule has 1 aliphatic carbocycles. The fourth-order valence-corrected chi connectivity index (χ4v) is 6.58. The highest BCUT2D eigenvalue weighted by molar-refractivity contribution is 6.23. The van der Waals surface area contributed by atoms with Gasteiger partial charge in [-0.15, -0.1) is 0 Å². The number of ether oxygens (including phenoxy) is 1. The largest absolute Gasteiger partial charge is 0.385 e. The van der Waals surface area contributed by atoms with Gasteiger partial charge in [0.15, 0.2) is 0 Å². The zero-order valence-electron chi connectivity index (χ0n) is 24.4. The van der Waals surface area contributed by atoms with Crippen molar-refractivity contribution in [2.45, 2.75) is 50.6 Å². The average Bonchev–Trinajstić information content (AvgIpc) is 3.60. The summed E-state index contributed by atoms with van der Waals surface area (Å²) in [6, 6.07) is 10.7. The summed E-state index contributed by atoms with van der Waals surface area (Å²) in [5.41, 5.74) is 3.30. The van der Waals surface area contributed by atoms with Gasteiger partial charge in [-0.05, 0) is 68.4 Å². The highest BCUT2D eigenvalue weighted by Crippen LogP contribution is 2.40. The molecule has 0 bridgehead atoms. The molecule has 2 N–H and O–H groups in total. The Hall–Kier alpha value is -4.58. The van der Waals surface area contributed by atoms with E-state index in [1.165, 1.54) is 0 Å². The van der Waals surface area contributed by atoms with Crippen LogP contribution in [0.3, 0.4) is 0 Å². The number of hydrogen-bond donors (Lipinski definition) is 2. The van der Waals surface area contributed by atoms with Gasteiger partial charge < -0.3 is 15.0 Å². The Labute approximate surface area is 254 Å². The molecule has 3 fully saturated rings. The van der Waals surface area contributed by atoms with Crippen LogP contribution in [-0.4, -0.2) is 82.2 Å². The zero-order chi connectivity index (χ0) is 30.2. The van der Waals surface area contributed by atoms with Crippen molar-refractivity contribution in [3.05, 3.63) is 59.9 Å². The van der Waals surface area contributed by atoms with Gasteiger partial charge >= 0.3 is 0 Å². The van der Waals surface area contributed by atoms with Crippen molar-refractivity contribution in [3.8, 4) is 11.3 Å². The molecule has 44 heavy (non-hydrogen) atoms. The molecule has 4 amide bonds. The van der Waals surface area contributed by atoms with E-state index in [1.54, 1.807) is 18.2 Å². The van der Waals surface area contributed by atoms with E-state index < -0.39 is 23.8 Å². The molecule has 1 aromatic carbocycles. The van der Waals surface area contributed by atoms with E-state index in [4.69, 9.17) is 9.72 Å². The number of morpholine rings is 1. The van der Waals surface area contributed by atoms with Crippen molar-refractivity contribution in [2.75, 3.05) is 43.1 Å². The van der Waals surface area contributed by atoms with Crippen LogP contribution in [0.25, 0.3) is 11.3 Å². The highest BCUT2D eigenvalue weighted by Gasteiger charge is 2.44. The first kappa shape index (κ1) is 28.2. The molecular weight excluding hydrogens is 562 g/mol. The molecule has 228 valence electrons. The Morgan fingerprint density at radius 3 is 2.64 bits per heavy atom. The number of nitrogens with zero attached hydrogens (tertiary/aromatic N) is 5. The summed E-state index contributed by atoms with van der Waals surface area (Å²) in [5.74, 6) is -0.366. The molecule has 3 aromatic rings. The van der Waals surface area contributed by atoms with Gasteiger partial charge in [0, 0.05) is 43.5 Å². The monoisotopic (exact) mass is 597 g/mol. The summed E-state index contributed by atoms with van der Waals surface area (Å²) >= 11 is 0. The predicted octanol–water partition coefficient (Wildman–Crippen LogP) is 3.03. The number of nitrogens with one attached hydrogen (secondary N) is 2. The third kappa shape index (κ3) is 5.45. The Morgan fingerprint density at radius 2 is 1.82 bits per heavy atom. The smallest absolute Gasteiger partial charge is 0.262 e. The van der Waals surface area contributed by atoms with Gasteiger partial charge in [0.25, 0.3) is 11.8 Å². The van der Waals surface area contributed by atoms with E-state index >= 15 is 0 Å². The third-order valence-electron chi connectivity index (χ3n) is 9.11. The maximum atomic E-state index is 13.1. The number of imide groups is 2. The molecule has 5 heterocycles. The number of amides is 4. The van der Waals surface area contributed by atoms with Crippen LogP contribution < -0.4 is 15.5 Å². The van der Waals surface area contributed by atoms with Crippen LogP contribution in [0, 0.1) is 5.92 Å². The van der Waals surface area contributed by atoms with Gasteiger partial charge in [-0.1, -0.05) is 6.07 Å². The topological polar surface area (TPSA) is 139 Å². The normalized spacial score (nSPS) is 23.4. The van der Waals surface area contributed by atoms with E-state index in [2.05, 4.69) is 31.5 Å². The fourth-order valence-electron chi connectivity index (χ4n) is 6.58. The van der Waals surface area contributed by atoms with Gasteiger partial charge in [0.2, 0.25) is 11.8 Å². The van der Waals surface area contributed by atoms with Crippen LogP contribution in [0.15, 0.2) is 48.8 Å². The number of benzene rings is 1. The Kier molecular flexibility index (Phi) is 7.59. The SMILES string of the molecule is O=C1CCC(N2C(=O)c3ccc(NCCC[C@H]4C[C@H](n5cc(-c6cccc(N7CCOCC7)n6)cn5)C4)cc3C2=O)C(=O)N1. The van der Waals surface area contributed by atoms with Crippen molar-refractivity contribution in [2.24, 2.45) is 5.92 Å². The third-order valence-corrected chi connectivity index (χ3v) is 9.11. The second-order valence-electron chi connectivity index (χ2n) is 12.0. The van der Waals surface area contributed by atoms with Crippen molar-refractivity contribution in [3.63, 3.8) is 0 Å². The van der Waals surface area contributed by atoms with Gasteiger partial charge in [0.1, 0.15) is 11.9 Å². The van der Waals surface area contributed by atoms with E-state index in [0.717, 1.165) is 86.2 Å². The standard InChI is InChI=1S/C32H35N7O5/c40-29-9-8-27(30(41)36-29)39-31(42)24-7-6-22(17-25(24)32(39)43)33-10-2-3-20-15-23(16-20)38-19-21(18-34-38)26-4-1-5-28(35-26)37-11-13-44-14-12-37/h1,4-7,17-20,23,27,33H,2-3,8-16H2,(H,36,40,41)/t20-,23-,27?. The number of hydrogen-bond acceptors (Lipinski definition) is 9. The van der Waals surface area contributed by atoms with Gasteiger partial charge in [0.05, 0.1) is 42.3 Å². The number of anilines is 2. The summed E-state index contributed by atoms with van der Waals surface area (Å²) in [6.07, 6.45) is 8.51. The zero-order valence-corrected chi connectivity index (χ0v) is 24.4. The van der Waals surface area contributed by atoms with E-state index in [1.807, 2.05) is 24.4 Å². The van der Waals surface area contributed by atoms with E-state index in [-0.39, 0.29) is 29.9 Å². The summed E-state index contributed by atoms with van der Waals surface area (Å²) in [5, 5.41) is 10.2. The number of carbonyl (C=O) groups excluding carboxylic acids is 4. The fraction of sp³-hybridized carbons (Fsp3) is 0.438. The summed E-state index contributed by atoms with van der Waals surface area (Å²) in [7, 11) is 0. The first-order chi connectivity index (χ1) is 21.4. The van der Waals surface area contributed by atoms with Crippen LogP contribution in [0.1, 0.15) is 65.3 Å². The van der Waals surface area contributed by atoms with Gasteiger partial charge in [-0.3, -0.25) is 34.1 Å². The van der Waals surface area contributed by atoms with Crippen LogP contribution >= 0.6 is 0 Å². The van der Waals surface area contributed by atoms with Crippen LogP contribution in [0.5, 0.6) is 0 Å². The number of rotatable bonds is 9. The summed E-state index contributed by atoms with van der Waals surface area (Å²) in [4.78, 5) is 57.9. The second kappa shape index (κ2) is 11.8. The molecule has 12 heteroatoms. The summed E-state index contributed by atoms with van der Waals surface area (Å²) in [6.45, 7) is 3.91. The van der Waals surface area contributed by atoms with Crippen LogP contribution in [0.2, 0.25) is 0 Å². The van der Waals surface area contributed by atoms with Crippen LogP contribution in [-0.2, 0) is 14.3 Å². The number of aromatic nitrogens is 3. The van der Waals surface area contributed by atoms with Gasteiger partial charge in [-0.25, -0.2) is 4.98 Å². The minimum Gasteiger partial charge on any atom is -0.385 e. The van der Waals surface area contributed by atoms with E-state index in [9.17, 15) is 19.2 Å². The number of carbonyl (C=O) groups is 4. The van der Waals surface area contributed by atoms with Gasteiger partial charge in [-0.2, -0.15) is 5.10 Å². The number of fused-ring (bicyclic) bond motifs is 1. The molecule has 3 aliphatic heterocycles. The summed E-state index contributed by atoms with van der Waals surface area (Å²) < 4.78 is 7.54. The minimum atomic E-state index is -0.959. The Balaban J connectivity index is 0.874. The number of piperidine rings is 1. The molecule has 1 unspecified atom stereocenters. The molecule has 4 aliphatic rings. The quantitative estimate of drug-likeness (QED) is 0.282. The van der Waals surface area contributed by atoms with Crippen molar-refractivity contribution in [1.82, 2.24) is 25.0 Å². The Morgan fingerprint density at radius 1 is 1.00 bits per heavy atom. The van der Waals surface area contributed by atoms with E-state index in [0.29, 0.717) is 12.0 Å².